The lowest BCUT2D eigenvalue weighted by atomic mass is 10.1. The maximum Gasteiger partial charge on any atom is 0.0701 e. The summed E-state index contributed by atoms with van der Waals surface area (Å²) in [7, 11) is 2.16. The maximum atomic E-state index is 5.67. The minimum atomic E-state index is 0.612. The van der Waals surface area contributed by atoms with Crippen LogP contribution in [0.5, 0.6) is 0 Å². The van der Waals surface area contributed by atoms with Crippen molar-refractivity contribution in [1.82, 2.24) is 4.90 Å². The van der Waals surface area contributed by atoms with Crippen LogP contribution in [0.1, 0.15) is 16.0 Å². The molecule has 0 saturated heterocycles. The molecule has 2 aromatic rings. The van der Waals surface area contributed by atoms with E-state index in [1.54, 1.807) is 0 Å². The quantitative estimate of drug-likeness (QED) is 0.871. The number of nitrogens with two attached hydrogens (primary N) is 1. The Kier molecular flexibility index (Phi) is 5.58. The Labute approximate surface area is 127 Å². The van der Waals surface area contributed by atoms with Crippen LogP contribution >= 0.6 is 27.3 Å². The summed E-state index contributed by atoms with van der Waals surface area (Å²) < 4.78 is 1.21. The Morgan fingerprint density at radius 2 is 2.00 bits per heavy atom. The van der Waals surface area contributed by atoms with Gasteiger partial charge in [0.05, 0.1) is 3.79 Å². The zero-order valence-electron chi connectivity index (χ0n) is 11.1. The molecular formula is C15H19BrN2S. The van der Waals surface area contributed by atoms with Crippen molar-refractivity contribution in [2.24, 2.45) is 5.73 Å². The molecule has 0 atom stereocenters. The van der Waals surface area contributed by atoms with E-state index in [9.17, 15) is 0 Å². The van der Waals surface area contributed by atoms with Crippen molar-refractivity contribution in [3.63, 3.8) is 0 Å². The number of likely N-dealkylation sites (N-methyl/N-ethyl adjacent to an activating group) is 1. The van der Waals surface area contributed by atoms with E-state index in [2.05, 4.69) is 64.3 Å². The van der Waals surface area contributed by atoms with Crippen molar-refractivity contribution < 1.29 is 0 Å². The van der Waals surface area contributed by atoms with Crippen LogP contribution in [0.25, 0.3) is 0 Å². The van der Waals surface area contributed by atoms with Gasteiger partial charge in [-0.15, -0.1) is 11.3 Å². The fourth-order valence-electron chi connectivity index (χ4n) is 2.03. The molecule has 0 spiro atoms. The highest BCUT2D eigenvalue weighted by atomic mass is 79.9. The molecule has 2 N–H and O–H groups in total. The second-order valence-corrected chi connectivity index (χ2v) is 7.27. The first-order chi connectivity index (χ1) is 9.17. The third kappa shape index (κ3) is 4.73. The summed E-state index contributed by atoms with van der Waals surface area (Å²) in [5.41, 5.74) is 8.20. The van der Waals surface area contributed by atoms with E-state index in [-0.39, 0.29) is 0 Å². The molecule has 0 amide bonds. The molecule has 1 heterocycles. The van der Waals surface area contributed by atoms with Crippen molar-refractivity contribution in [2.45, 2.75) is 19.5 Å². The number of nitrogens with zero attached hydrogens (tertiary/aromatic N) is 1. The van der Waals surface area contributed by atoms with Gasteiger partial charge in [0.1, 0.15) is 0 Å². The zero-order chi connectivity index (χ0) is 13.7. The highest BCUT2D eigenvalue weighted by molar-refractivity contribution is 9.11. The molecule has 0 aliphatic rings. The molecule has 0 unspecified atom stereocenters. The standard InChI is InChI=1S/C15H19BrN2S/c1-18(8-7-14-5-6-15(16)19-14)11-13-4-2-3-12(9-13)10-17/h2-6,9H,7-8,10-11,17H2,1H3. The molecule has 0 radical (unpaired) electrons. The number of thiophene rings is 1. The third-order valence-corrected chi connectivity index (χ3v) is 4.73. The number of hydrogen-bond acceptors (Lipinski definition) is 3. The number of rotatable bonds is 6. The summed E-state index contributed by atoms with van der Waals surface area (Å²) in [5.74, 6) is 0. The van der Waals surface area contributed by atoms with Gasteiger partial charge >= 0.3 is 0 Å². The SMILES string of the molecule is CN(CCc1ccc(Br)s1)Cc1cccc(CN)c1. The summed E-state index contributed by atoms with van der Waals surface area (Å²) in [6.07, 6.45) is 1.10. The molecule has 0 aliphatic carbocycles. The molecule has 102 valence electrons. The molecule has 0 bridgehead atoms. The van der Waals surface area contributed by atoms with Crippen molar-refractivity contribution in [1.29, 1.82) is 0 Å². The van der Waals surface area contributed by atoms with E-state index in [1.807, 2.05) is 11.3 Å². The molecule has 2 rings (SSSR count). The molecule has 4 heteroatoms. The molecule has 1 aromatic carbocycles. The topological polar surface area (TPSA) is 29.3 Å². The Bertz CT molecular complexity index is 524. The van der Waals surface area contributed by atoms with Gasteiger partial charge in [-0.3, -0.25) is 0 Å². The molecule has 0 aliphatic heterocycles. The van der Waals surface area contributed by atoms with Crippen LogP contribution in [0, 0.1) is 0 Å². The van der Waals surface area contributed by atoms with Crippen molar-refractivity contribution in [3.05, 3.63) is 56.2 Å². The predicted octanol–water partition coefficient (Wildman–Crippen LogP) is 3.64. The molecule has 1 aromatic heterocycles. The summed E-state index contributed by atoms with van der Waals surface area (Å²) in [6.45, 7) is 2.65. The van der Waals surface area contributed by atoms with Gasteiger partial charge in [0.2, 0.25) is 0 Å². The number of hydrogen-bond donors (Lipinski definition) is 1. The van der Waals surface area contributed by atoms with Gasteiger partial charge in [-0.25, -0.2) is 0 Å². The second-order valence-electron chi connectivity index (χ2n) is 4.72. The third-order valence-electron chi connectivity index (χ3n) is 3.05. The summed E-state index contributed by atoms with van der Waals surface area (Å²) in [4.78, 5) is 3.78. The summed E-state index contributed by atoms with van der Waals surface area (Å²) >= 11 is 5.32. The van der Waals surface area contributed by atoms with Crippen LogP contribution in [0.2, 0.25) is 0 Å². The average molecular weight is 339 g/mol. The molecule has 0 saturated carbocycles. The largest absolute Gasteiger partial charge is 0.326 e. The first-order valence-electron chi connectivity index (χ1n) is 6.38. The smallest absolute Gasteiger partial charge is 0.0701 e. The van der Waals surface area contributed by atoms with Crippen molar-refractivity contribution in [3.8, 4) is 0 Å². The van der Waals surface area contributed by atoms with Gasteiger partial charge in [0, 0.05) is 24.5 Å². The van der Waals surface area contributed by atoms with Crippen LogP contribution in [0.3, 0.4) is 0 Å². The summed E-state index contributed by atoms with van der Waals surface area (Å²) in [6, 6.07) is 12.8. The van der Waals surface area contributed by atoms with E-state index in [1.165, 1.54) is 19.8 Å². The van der Waals surface area contributed by atoms with E-state index >= 15 is 0 Å². The molecular weight excluding hydrogens is 320 g/mol. The first kappa shape index (κ1) is 14.7. The van der Waals surface area contributed by atoms with Crippen LogP contribution < -0.4 is 5.73 Å². The van der Waals surface area contributed by atoms with E-state index in [0.29, 0.717) is 6.54 Å². The lowest BCUT2D eigenvalue weighted by Gasteiger charge is -2.16. The van der Waals surface area contributed by atoms with Crippen LogP contribution in [-0.4, -0.2) is 18.5 Å². The fourth-order valence-corrected chi connectivity index (χ4v) is 3.50. The summed E-state index contributed by atoms with van der Waals surface area (Å²) in [5, 5.41) is 0. The Morgan fingerprint density at radius 3 is 2.68 bits per heavy atom. The molecule has 2 nitrogen and oxygen atoms in total. The van der Waals surface area contributed by atoms with E-state index < -0.39 is 0 Å². The van der Waals surface area contributed by atoms with Crippen molar-refractivity contribution >= 4 is 27.3 Å². The first-order valence-corrected chi connectivity index (χ1v) is 7.99. The minimum Gasteiger partial charge on any atom is -0.326 e. The highest BCUT2D eigenvalue weighted by Crippen LogP contribution is 2.22. The molecule has 0 fully saturated rings. The molecule has 19 heavy (non-hydrogen) atoms. The zero-order valence-corrected chi connectivity index (χ0v) is 13.5. The van der Waals surface area contributed by atoms with Gasteiger partial charge < -0.3 is 10.6 Å². The highest BCUT2D eigenvalue weighted by Gasteiger charge is 2.03. The average Bonchev–Trinajstić information content (AvgIpc) is 2.82. The van der Waals surface area contributed by atoms with Crippen LogP contribution in [0.4, 0.5) is 0 Å². The van der Waals surface area contributed by atoms with E-state index in [0.717, 1.165) is 19.5 Å². The fraction of sp³-hybridized carbons (Fsp3) is 0.333. The van der Waals surface area contributed by atoms with Gasteiger partial charge in [0.25, 0.3) is 0 Å². The Morgan fingerprint density at radius 1 is 1.21 bits per heavy atom. The van der Waals surface area contributed by atoms with Gasteiger partial charge in [-0.2, -0.15) is 0 Å². The van der Waals surface area contributed by atoms with Crippen LogP contribution in [0.15, 0.2) is 40.2 Å². The Hall–Kier alpha value is -0.680. The second kappa shape index (κ2) is 7.20. The number of halogens is 1. The van der Waals surface area contributed by atoms with Crippen molar-refractivity contribution in [2.75, 3.05) is 13.6 Å². The monoisotopic (exact) mass is 338 g/mol. The normalized spacial score (nSPS) is 11.2. The van der Waals surface area contributed by atoms with Gasteiger partial charge in [0.15, 0.2) is 0 Å². The Balaban J connectivity index is 1.84. The lowest BCUT2D eigenvalue weighted by Crippen LogP contribution is -2.20. The minimum absolute atomic E-state index is 0.612. The van der Waals surface area contributed by atoms with Gasteiger partial charge in [-0.05, 0) is 52.7 Å². The lowest BCUT2D eigenvalue weighted by molar-refractivity contribution is 0.332. The maximum absolute atomic E-state index is 5.67. The van der Waals surface area contributed by atoms with E-state index in [4.69, 9.17) is 5.73 Å². The van der Waals surface area contributed by atoms with Gasteiger partial charge in [-0.1, -0.05) is 24.3 Å². The number of benzene rings is 1. The predicted molar refractivity (Wildman–Crippen MR) is 86.4 cm³/mol. The van der Waals surface area contributed by atoms with Crippen LogP contribution in [-0.2, 0) is 19.5 Å².